The highest BCUT2D eigenvalue weighted by Crippen LogP contribution is 2.18. The standard InChI is InChI=1S/C17H18N2O6S/c1-19-15-8-7-14(9-16(15)25-17(19)21)26(22,23)18-10-12(20)11-24-13-5-3-2-4-6-13/h2-9,12,18,20H,10-11H2,1H3/t12-/m0/s1. The van der Waals surface area contributed by atoms with Gasteiger partial charge in [0.2, 0.25) is 10.0 Å². The molecule has 2 N–H and O–H groups in total. The number of aliphatic hydroxyl groups excluding tert-OH is 1. The maximum atomic E-state index is 12.4. The Morgan fingerprint density at radius 2 is 1.96 bits per heavy atom. The van der Waals surface area contributed by atoms with Gasteiger partial charge in [0.15, 0.2) is 5.58 Å². The molecule has 0 aliphatic rings. The summed E-state index contributed by atoms with van der Waals surface area (Å²) >= 11 is 0. The van der Waals surface area contributed by atoms with Gasteiger partial charge in [-0.05, 0) is 24.3 Å². The molecule has 1 atom stereocenters. The van der Waals surface area contributed by atoms with Gasteiger partial charge in [0.05, 0.1) is 10.4 Å². The van der Waals surface area contributed by atoms with Crippen LogP contribution in [0.1, 0.15) is 0 Å². The van der Waals surface area contributed by atoms with E-state index in [0.29, 0.717) is 11.3 Å². The molecule has 0 amide bonds. The lowest BCUT2D eigenvalue weighted by Crippen LogP contribution is -2.35. The van der Waals surface area contributed by atoms with Gasteiger partial charge >= 0.3 is 5.76 Å². The van der Waals surface area contributed by atoms with Gasteiger partial charge in [-0.1, -0.05) is 18.2 Å². The molecule has 0 unspecified atom stereocenters. The third kappa shape index (κ3) is 3.96. The molecule has 2 aromatic carbocycles. The molecule has 0 fully saturated rings. The fraction of sp³-hybridized carbons (Fsp3) is 0.235. The van der Waals surface area contributed by atoms with Crippen LogP contribution < -0.4 is 15.2 Å². The molecule has 138 valence electrons. The summed E-state index contributed by atoms with van der Waals surface area (Å²) in [5.74, 6) is 0.00922. The summed E-state index contributed by atoms with van der Waals surface area (Å²) in [4.78, 5) is 11.4. The van der Waals surface area contributed by atoms with Gasteiger partial charge < -0.3 is 14.3 Å². The van der Waals surface area contributed by atoms with Crippen molar-refractivity contribution in [2.75, 3.05) is 13.2 Å². The van der Waals surface area contributed by atoms with Crippen molar-refractivity contribution in [3.05, 3.63) is 59.1 Å². The number of hydrogen-bond acceptors (Lipinski definition) is 6. The monoisotopic (exact) mass is 378 g/mol. The Kier molecular flexibility index (Phi) is 5.12. The van der Waals surface area contributed by atoms with Gasteiger partial charge in [-0.15, -0.1) is 0 Å². The zero-order valence-corrected chi connectivity index (χ0v) is 14.8. The lowest BCUT2D eigenvalue weighted by molar-refractivity contribution is 0.111. The average Bonchev–Trinajstić information content (AvgIpc) is 2.93. The average molecular weight is 378 g/mol. The second-order valence-electron chi connectivity index (χ2n) is 5.69. The molecule has 0 saturated heterocycles. The number of nitrogens with one attached hydrogen (secondary N) is 1. The van der Waals surface area contributed by atoms with E-state index >= 15 is 0 Å². The molecule has 3 rings (SSSR count). The Morgan fingerprint density at radius 1 is 1.23 bits per heavy atom. The van der Waals surface area contributed by atoms with Crippen LogP contribution in [0.25, 0.3) is 11.1 Å². The molecule has 0 bridgehead atoms. The number of para-hydroxylation sites is 1. The van der Waals surface area contributed by atoms with Gasteiger partial charge in [-0.25, -0.2) is 17.9 Å². The third-order valence-corrected chi connectivity index (χ3v) is 5.19. The number of sulfonamides is 1. The molecular weight excluding hydrogens is 360 g/mol. The van der Waals surface area contributed by atoms with Crippen LogP contribution in [-0.2, 0) is 17.1 Å². The fourth-order valence-electron chi connectivity index (χ4n) is 2.34. The van der Waals surface area contributed by atoms with E-state index in [1.165, 1.54) is 29.8 Å². The smallest absolute Gasteiger partial charge is 0.419 e. The number of oxazole rings is 1. The van der Waals surface area contributed by atoms with Gasteiger partial charge in [0.1, 0.15) is 18.5 Å². The number of nitrogens with zero attached hydrogens (tertiary/aromatic N) is 1. The van der Waals surface area contributed by atoms with Crippen molar-refractivity contribution in [2.45, 2.75) is 11.0 Å². The largest absolute Gasteiger partial charge is 0.491 e. The third-order valence-electron chi connectivity index (χ3n) is 3.77. The summed E-state index contributed by atoms with van der Waals surface area (Å²) in [6.07, 6.45) is -1.02. The zero-order chi connectivity index (χ0) is 18.7. The van der Waals surface area contributed by atoms with Crippen LogP contribution in [0.5, 0.6) is 5.75 Å². The summed E-state index contributed by atoms with van der Waals surface area (Å²) < 4.78 is 38.7. The molecule has 1 heterocycles. The quantitative estimate of drug-likeness (QED) is 0.631. The number of aryl methyl sites for hydroxylation is 1. The van der Waals surface area contributed by atoms with Crippen LogP contribution in [0.4, 0.5) is 0 Å². The highest BCUT2D eigenvalue weighted by atomic mass is 32.2. The summed E-state index contributed by atoms with van der Waals surface area (Å²) in [6, 6.07) is 13.0. The summed E-state index contributed by atoms with van der Waals surface area (Å²) in [5.41, 5.74) is 0.665. The van der Waals surface area contributed by atoms with Crippen LogP contribution in [0.3, 0.4) is 0 Å². The number of aromatic nitrogens is 1. The normalized spacial score (nSPS) is 13.0. The number of fused-ring (bicyclic) bond motifs is 1. The number of hydrogen-bond donors (Lipinski definition) is 2. The van der Waals surface area contributed by atoms with Crippen molar-refractivity contribution in [1.29, 1.82) is 0 Å². The van der Waals surface area contributed by atoms with Crippen molar-refractivity contribution in [1.82, 2.24) is 9.29 Å². The minimum absolute atomic E-state index is 0.0564. The minimum Gasteiger partial charge on any atom is -0.491 e. The first-order valence-electron chi connectivity index (χ1n) is 7.82. The van der Waals surface area contributed by atoms with Gasteiger partial charge in [-0.2, -0.15) is 0 Å². The Labute approximate surface area is 149 Å². The number of benzene rings is 2. The lowest BCUT2D eigenvalue weighted by Gasteiger charge is -2.13. The van der Waals surface area contributed by atoms with E-state index in [0.717, 1.165) is 0 Å². The maximum absolute atomic E-state index is 12.4. The second-order valence-corrected chi connectivity index (χ2v) is 7.45. The molecule has 26 heavy (non-hydrogen) atoms. The summed E-state index contributed by atoms with van der Waals surface area (Å²) in [7, 11) is -2.34. The van der Waals surface area contributed by atoms with E-state index in [9.17, 15) is 18.3 Å². The second kappa shape index (κ2) is 7.32. The van der Waals surface area contributed by atoms with Crippen LogP contribution in [0, 0.1) is 0 Å². The van der Waals surface area contributed by atoms with Gasteiger partial charge in [0.25, 0.3) is 0 Å². The first-order chi connectivity index (χ1) is 12.4. The first-order valence-corrected chi connectivity index (χ1v) is 9.30. The molecule has 1 aromatic heterocycles. The molecule has 9 heteroatoms. The molecule has 0 saturated carbocycles. The fourth-order valence-corrected chi connectivity index (χ4v) is 3.43. The predicted molar refractivity (Wildman–Crippen MR) is 94.6 cm³/mol. The molecule has 8 nitrogen and oxygen atoms in total. The first kappa shape index (κ1) is 18.2. The number of rotatable bonds is 7. The number of aliphatic hydroxyl groups is 1. The van der Waals surface area contributed by atoms with E-state index in [4.69, 9.17) is 9.15 Å². The molecular formula is C17H18N2O6S. The lowest BCUT2D eigenvalue weighted by atomic mass is 10.3. The summed E-state index contributed by atoms with van der Waals surface area (Å²) in [5, 5.41) is 9.92. The highest BCUT2D eigenvalue weighted by molar-refractivity contribution is 7.89. The van der Waals surface area contributed by atoms with Crippen LogP contribution in [0.15, 0.2) is 62.6 Å². The Balaban J connectivity index is 1.64. The Bertz CT molecular complexity index is 1060. The van der Waals surface area contributed by atoms with E-state index in [1.54, 1.807) is 24.3 Å². The van der Waals surface area contributed by atoms with Crippen molar-refractivity contribution >= 4 is 21.1 Å². The molecule has 0 radical (unpaired) electrons. The number of ether oxygens (including phenoxy) is 1. The summed E-state index contributed by atoms with van der Waals surface area (Å²) in [6.45, 7) is -0.273. The molecule has 0 spiro atoms. The van der Waals surface area contributed by atoms with Crippen LogP contribution in [0.2, 0.25) is 0 Å². The molecule has 0 aliphatic carbocycles. The van der Waals surface area contributed by atoms with E-state index in [2.05, 4.69) is 4.72 Å². The SMILES string of the molecule is Cn1c(=O)oc2cc(S(=O)(=O)NC[C@H](O)COc3ccccc3)ccc21. The van der Waals surface area contributed by atoms with Crippen molar-refractivity contribution < 1.29 is 22.7 Å². The van der Waals surface area contributed by atoms with Gasteiger partial charge in [-0.3, -0.25) is 4.57 Å². The highest BCUT2D eigenvalue weighted by Gasteiger charge is 2.18. The molecule has 0 aliphatic heterocycles. The zero-order valence-electron chi connectivity index (χ0n) is 14.0. The van der Waals surface area contributed by atoms with Crippen LogP contribution in [-0.4, -0.2) is 37.3 Å². The minimum atomic E-state index is -3.87. The van der Waals surface area contributed by atoms with E-state index in [1.807, 2.05) is 6.07 Å². The van der Waals surface area contributed by atoms with E-state index < -0.39 is 21.9 Å². The van der Waals surface area contributed by atoms with Crippen molar-refractivity contribution in [2.24, 2.45) is 7.05 Å². The van der Waals surface area contributed by atoms with Crippen molar-refractivity contribution in [3.63, 3.8) is 0 Å². The topological polar surface area (TPSA) is 111 Å². The van der Waals surface area contributed by atoms with Crippen LogP contribution >= 0.6 is 0 Å². The predicted octanol–water partition coefficient (Wildman–Crippen LogP) is 0.850. The Morgan fingerprint density at radius 3 is 2.69 bits per heavy atom. The van der Waals surface area contributed by atoms with E-state index in [-0.39, 0.29) is 23.6 Å². The maximum Gasteiger partial charge on any atom is 0.419 e. The van der Waals surface area contributed by atoms with Crippen molar-refractivity contribution in [3.8, 4) is 5.75 Å². The Hall–Kier alpha value is -2.62. The molecule has 3 aromatic rings. The van der Waals surface area contributed by atoms with Gasteiger partial charge in [0, 0.05) is 19.7 Å².